The molecule has 3 aromatic rings. The maximum atomic E-state index is 13.2. The fourth-order valence-corrected chi connectivity index (χ4v) is 4.35. The summed E-state index contributed by atoms with van der Waals surface area (Å²) in [5.74, 6) is -1.38. The van der Waals surface area contributed by atoms with E-state index in [0.29, 0.717) is 29.2 Å². The van der Waals surface area contributed by atoms with Gasteiger partial charge < -0.3 is 19.0 Å². The second kappa shape index (κ2) is 8.55. The minimum absolute atomic E-state index is 0.0753. The van der Waals surface area contributed by atoms with Crippen molar-refractivity contribution in [2.75, 3.05) is 18.6 Å². The molecule has 34 heavy (non-hydrogen) atoms. The first-order chi connectivity index (χ1) is 16.5. The molecule has 1 aromatic heterocycles. The molecule has 3 heterocycles. The number of anilines is 1. The van der Waals surface area contributed by atoms with Crippen molar-refractivity contribution >= 4 is 29.1 Å². The third kappa shape index (κ3) is 3.53. The lowest BCUT2D eigenvalue weighted by atomic mass is 9.96. The molecule has 2 aliphatic rings. The molecule has 0 saturated carbocycles. The highest BCUT2D eigenvalue weighted by Crippen LogP contribution is 2.42. The van der Waals surface area contributed by atoms with Gasteiger partial charge in [-0.25, -0.2) is 4.79 Å². The van der Waals surface area contributed by atoms with Gasteiger partial charge in [0, 0.05) is 11.3 Å². The van der Waals surface area contributed by atoms with Crippen LogP contribution in [-0.2, 0) is 20.7 Å². The first kappa shape index (κ1) is 21.5. The lowest BCUT2D eigenvalue weighted by Crippen LogP contribution is -2.29. The van der Waals surface area contributed by atoms with Gasteiger partial charge in [-0.05, 0) is 73.0 Å². The number of rotatable bonds is 4. The Morgan fingerprint density at radius 2 is 1.85 bits per heavy atom. The summed E-state index contributed by atoms with van der Waals surface area (Å²) in [6.45, 7) is 0.636. The fraction of sp³-hybridized carbons (Fsp3) is 0.192. The van der Waals surface area contributed by atoms with Crippen molar-refractivity contribution < 1.29 is 33.4 Å². The third-order valence-electron chi connectivity index (χ3n) is 6.01. The number of ether oxygens (including phenoxy) is 2. The summed E-state index contributed by atoms with van der Waals surface area (Å²) in [5, 5.41) is 11.2. The number of furan rings is 1. The number of hydrogen-bond donors (Lipinski definition) is 1. The van der Waals surface area contributed by atoms with Gasteiger partial charge in [-0.1, -0.05) is 0 Å². The number of nitrogens with zero attached hydrogens (tertiary/aromatic N) is 1. The topological polar surface area (TPSA) is 106 Å². The second-order valence-electron chi connectivity index (χ2n) is 8.00. The predicted molar refractivity (Wildman–Crippen MR) is 122 cm³/mol. The van der Waals surface area contributed by atoms with Crippen LogP contribution in [0.3, 0.4) is 0 Å². The van der Waals surface area contributed by atoms with E-state index in [-0.39, 0.29) is 11.3 Å². The van der Waals surface area contributed by atoms with Crippen LogP contribution in [0.15, 0.2) is 70.9 Å². The van der Waals surface area contributed by atoms with Crippen molar-refractivity contribution in [1.82, 2.24) is 0 Å². The minimum Gasteiger partial charge on any atom is -0.507 e. The second-order valence-corrected chi connectivity index (χ2v) is 8.00. The average molecular weight is 459 g/mol. The summed E-state index contributed by atoms with van der Waals surface area (Å²) in [5.41, 5.74) is 1.94. The predicted octanol–water partition coefficient (Wildman–Crippen LogP) is 4.02. The summed E-state index contributed by atoms with van der Waals surface area (Å²) < 4.78 is 15.9. The van der Waals surface area contributed by atoms with Crippen molar-refractivity contribution in [2.24, 2.45) is 0 Å². The van der Waals surface area contributed by atoms with Crippen LogP contribution < -0.4 is 9.64 Å². The van der Waals surface area contributed by atoms with E-state index in [1.54, 1.807) is 42.5 Å². The molecule has 0 bridgehead atoms. The van der Waals surface area contributed by atoms with Crippen LogP contribution in [0.2, 0.25) is 0 Å². The Morgan fingerprint density at radius 1 is 1.09 bits per heavy atom. The number of aliphatic hydroxyl groups is 1. The van der Waals surface area contributed by atoms with Crippen LogP contribution in [0.4, 0.5) is 5.69 Å². The highest BCUT2D eigenvalue weighted by molar-refractivity contribution is 6.51. The molecule has 0 spiro atoms. The SMILES string of the molecule is COC(=O)c1ccc(N2C(=O)C(=O)/C(=C(\O)c3ccc4c(c3)CCCO4)C2c2ccco2)cc1. The van der Waals surface area contributed by atoms with E-state index in [4.69, 9.17) is 13.9 Å². The molecule has 5 rings (SSSR count). The Labute approximate surface area is 195 Å². The van der Waals surface area contributed by atoms with E-state index in [0.717, 1.165) is 24.2 Å². The lowest BCUT2D eigenvalue weighted by molar-refractivity contribution is -0.132. The summed E-state index contributed by atoms with van der Waals surface area (Å²) in [7, 11) is 1.28. The van der Waals surface area contributed by atoms with Gasteiger partial charge in [0.25, 0.3) is 11.7 Å². The number of carbonyl (C=O) groups excluding carboxylic acids is 3. The van der Waals surface area contributed by atoms with E-state index in [2.05, 4.69) is 0 Å². The Hall–Kier alpha value is -4.33. The molecule has 1 amide bonds. The fourth-order valence-electron chi connectivity index (χ4n) is 4.35. The van der Waals surface area contributed by atoms with Crippen molar-refractivity contribution in [3.63, 3.8) is 0 Å². The van der Waals surface area contributed by atoms with Gasteiger partial charge >= 0.3 is 5.97 Å². The van der Waals surface area contributed by atoms with E-state index in [1.165, 1.54) is 30.4 Å². The number of aryl methyl sites for hydroxylation is 1. The Balaban J connectivity index is 1.62. The molecular weight excluding hydrogens is 438 g/mol. The number of carbonyl (C=O) groups is 3. The Morgan fingerprint density at radius 3 is 2.56 bits per heavy atom. The molecule has 1 saturated heterocycles. The molecule has 2 aromatic carbocycles. The molecule has 1 atom stereocenters. The summed E-state index contributed by atoms with van der Waals surface area (Å²) in [6.07, 6.45) is 3.08. The number of amides is 1. The normalized spacial score (nSPS) is 19.0. The molecule has 1 N–H and O–H groups in total. The Kier molecular flexibility index (Phi) is 5.41. The van der Waals surface area contributed by atoms with Gasteiger partial charge in [-0.2, -0.15) is 0 Å². The summed E-state index contributed by atoms with van der Waals surface area (Å²) in [4.78, 5) is 39.4. The smallest absolute Gasteiger partial charge is 0.337 e. The quantitative estimate of drug-likeness (QED) is 0.272. The van der Waals surface area contributed by atoms with E-state index < -0.39 is 23.7 Å². The molecule has 1 fully saturated rings. The molecule has 8 nitrogen and oxygen atoms in total. The largest absolute Gasteiger partial charge is 0.507 e. The van der Waals surface area contributed by atoms with Crippen molar-refractivity contribution in [3.05, 3.63) is 88.9 Å². The van der Waals surface area contributed by atoms with Crippen LogP contribution in [0.1, 0.15) is 39.7 Å². The first-order valence-electron chi connectivity index (χ1n) is 10.8. The standard InChI is InChI=1S/C26H21NO7/c1-32-26(31)15-6-9-18(10-7-15)27-22(20-5-3-13-34-20)21(24(29)25(27)30)23(28)17-8-11-19-16(14-17)4-2-12-33-19/h3,5-11,13-14,22,28H,2,4,12H2,1H3/b23-21-. The van der Waals surface area contributed by atoms with Crippen molar-refractivity contribution in [2.45, 2.75) is 18.9 Å². The van der Waals surface area contributed by atoms with Crippen LogP contribution in [0, 0.1) is 0 Å². The zero-order chi connectivity index (χ0) is 23.8. The zero-order valence-electron chi connectivity index (χ0n) is 18.3. The van der Waals surface area contributed by atoms with E-state index in [9.17, 15) is 19.5 Å². The molecule has 0 radical (unpaired) electrons. The van der Waals surface area contributed by atoms with Gasteiger partial charge in [-0.3, -0.25) is 14.5 Å². The van der Waals surface area contributed by atoms with Crippen LogP contribution in [0.5, 0.6) is 5.75 Å². The number of fused-ring (bicyclic) bond motifs is 1. The van der Waals surface area contributed by atoms with Gasteiger partial charge in [-0.15, -0.1) is 0 Å². The van der Waals surface area contributed by atoms with Crippen LogP contribution >= 0.6 is 0 Å². The first-order valence-corrected chi connectivity index (χ1v) is 10.8. The van der Waals surface area contributed by atoms with Crippen LogP contribution in [0.25, 0.3) is 5.76 Å². The minimum atomic E-state index is -0.980. The maximum absolute atomic E-state index is 13.2. The molecule has 172 valence electrons. The Bertz CT molecular complexity index is 1310. The van der Waals surface area contributed by atoms with Gasteiger partial charge in [0.15, 0.2) is 0 Å². The molecule has 0 aliphatic carbocycles. The van der Waals surface area contributed by atoms with Crippen molar-refractivity contribution in [3.8, 4) is 5.75 Å². The van der Waals surface area contributed by atoms with Crippen molar-refractivity contribution in [1.29, 1.82) is 0 Å². The molecule has 1 unspecified atom stereocenters. The number of esters is 1. The van der Waals surface area contributed by atoms with Gasteiger partial charge in [0.05, 0.1) is 31.1 Å². The highest BCUT2D eigenvalue weighted by atomic mass is 16.5. The number of Topliss-reactive ketones (excluding diaryl/α,β-unsaturated/α-hetero) is 1. The molecular formula is C26H21NO7. The zero-order valence-corrected chi connectivity index (χ0v) is 18.3. The average Bonchev–Trinajstić information content (AvgIpc) is 3.50. The third-order valence-corrected chi connectivity index (χ3v) is 6.01. The lowest BCUT2D eigenvalue weighted by Gasteiger charge is -2.23. The number of aliphatic hydroxyl groups excluding tert-OH is 1. The van der Waals surface area contributed by atoms with Gasteiger partial charge in [0.2, 0.25) is 0 Å². The molecule has 2 aliphatic heterocycles. The maximum Gasteiger partial charge on any atom is 0.337 e. The number of methoxy groups -OCH3 is 1. The summed E-state index contributed by atoms with van der Waals surface area (Å²) in [6, 6.07) is 13.6. The van der Waals surface area contributed by atoms with E-state index >= 15 is 0 Å². The monoisotopic (exact) mass is 459 g/mol. The number of hydrogen-bond acceptors (Lipinski definition) is 7. The highest BCUT2D eigenvalue weighted by Gasteiger charge is 2.48. The van der Waals surface area contributed by atoms with Gasteiger partial charge in [0.1, 0.15) is 23.3 Å². The molecule has 8 heteroatoms. The van der Waals surface area contributed by atoms with Crippen LogP contribution in [-0.4, -0.2) is 36.5 Å². The summed E-state index contributed by atoms with van der Waals surface area (Å²) >= 11 is 0. The van der Waals surface area contributed by atoms with E-state index in [1.807, 2.05) is 0 Å². The number of ketones is 1. The number of benzene rings is 2.